The van der Waals surface area contributed by atoms with Crippen LogP contribution in [0.4, 0.5) is 10.2 Å². The minimum Gasteiger partial charge on any atom is -0.507 e. The van der Waals surface area contributed by atoms with Gasteiger partial charge in [-0.05, 0) is 31.0 Å². The normalized spacial score (nSPS) is 20.2. The zero-order valence-corrected chi connectivity index (χ0v) is 14.1. The number of benzene rings is 1. The lowest BCUT2D eigenvalue weighted by Gasteiger charge is -2.29. The Balaban J connectivity index is 1.81. The van der Waals surface area contributed by atoms with Crippen LogP contribution >= 0.6 is 0 Å². The van der Waals surface area contributed by atoms with Crippen molar-refractivity contribution in [2.45, 2.75) is 37.8 Å². The first-order valence-corrected chi connectivity index (χ1v) is 8.68. The molecule has 2 heterocycles. The quantitative estimate of drug-likeness (QED) is 0.669. The van der Waals surface area contributed by atoms with Crippen LogP contribution in [-0.2, 0) is 0 Å². The molecular weight excluding hydrogens is 335 g/mol. The van der Waals surface area contributed by atoms with Crippen LogP contribution in [0.1, 0.15) is 25.7 Å². The average molecular weight is 354 g/mol. The zero-order valence-electron chi connectivity index (χ0n) is 14.1. The van der Waals surface area contributed by atoms with Crippen LogP contribution in [0.25, 0.3) is 22.0 Å². The topological polar surface area (TPSA) is 91.2 Å². The second kappa shape index (κ2) is 6.84. The Hall–Kier alpha value is -2.80. The van der Waals surface area contributed by atoms with E-state index in [4.69, 9.17) is 0 Å². The zero-order chi connectivity index (χ0) is 18.1. The summed E-state index contributed by atoms with van der Waals surface area (Å²) in [5, 5.41) is 33.2. The molecule has 1 aromatic carbocycles. The van der Waals surface area contributed by atoms with Crippen LogP contribution in [0.2, 0.25) is 0 Å². The monoisotopic (exact) mass is 354 g/mol. The molecule has 0 amide bonds. The van der Waals surface area contributed by atoms with Crippen LogP contribution in [-0.4, -0.2) is 37.5 Å². The van der Waals surface area contributed by atoms with Crippen molar-refractivity contribution in [2.24, 2.45) is 0 Å². The molecule has 4 rings (SSSR count). The number of aliphatic hydroxyl groups excluding tert-OH is 1. The van der Waals surface area contributed by atoms with Crippen LogP contribution in [0, 0.1) is 5.82 Å². The molecule has 0 unspecified atom stereocenters. The molecule has 3 aromatic rings. The number of aliphatic hydroxyl groups is 1. The van der Waals surface area contributed by atoms with Gasteiger partial charge in [0, 0.05) is 23.2 Å². The molecule has 1 saturated carbocycles. The number of phenolic OH excluding ortho intramolecular Hbond substituents is 1. The Morgan fingerprint density at radius 1 is 1.08 bits per heavy atom. The first kappa shape index (κ1) is 16.7. The van der Waals surface area contributed by atoms with Gasteiger partial charge in [0.2, 0.25) is 0 Å². The lowest BCUT2D eigenvalue weighted by atomic mass is 9.92. The maximum absolute atomic E-state index is 14.3. The second-order valence-corrected chi connectivity index (χ2v) is 6.56. The third-order valence-electron chi connectivity index (χ3n) is 4.86. The van der Waals surface area contributed by atoms with Crippen molar-refractivity contribution < 1.29 is 14.6 Å². The Labute approximate surface area is 149 Å². The van der Waals surface area contributed by atoms with E-state index < -0.39 is 11.9 Å². The van der Waals surface area contributed by atoms with Crippen LogP contribution in [0.5, 0.6) is 5.75 Å². The Morgan fingerprint density at radius 2 is 1.92 bits per heavy atom. The van der Waals surface area contributed by atoms with Gasteiger partial charge >= 0.3 is 0 Å². The number of aromatic hydroxyl groups is 1. The lowest BCUT2D eigenvalue weighted by Crippen LogP contribution is -2.36. The Kier molecular flexibility index (Phi) is 4.38. The Morgan fingerprint density at radius 3 is 2.73 bits per heavy atom. The molecule has 3 N–H and O–H groups in total. The van der Waals surface area contributed by atoms with E-state index in [0.29, 0.717) is 16.6 Å². The highest BCUT2D eigenvalue weighted by molar-refractivity contribution is 6.00. The van der Waals surface area contributed by atoms with E-state index in [-0.39, 0.29) is 23.0 Å². The maximum atomic E-state index is 14.3. The smallest absolute Gasteiger partial charge is 0.158 e. The number of anilines is 1. The fourth-order valence-electron chi connectivity index (χ4n) is 3.49. The van der Waals surface area contributed by atoms with Gasteiger partial charge in [0.05, 0.1) is 17.7 Å². The number of nitrogens with one attached hydrogen (secondary N) is 1. The van der Waals surface area contributed by atoms with Crippen LogP contribution < -0.4 is 5.32 Å². The summed E-state index contributed by atoms with van der Waals surface area (Å²) in [6.07, 6.45) is 6.43. The average Bonchev–Trinajstić information content (AvgIpc) is 2.65. The molecule has 26 heavy (non-hydrogen) atoms. The maximum Gasteiger partial charge on any atom is 0.158 e. The van der Waals surface area contributed by atoms with Gasteiger partial charge in [-0.25, -0.2) is 4.39 Å². The third-order valence-corrected chi connectivity index (χ3v) is 4.86. The largest absolute Gasteiger partial charge is 0.507 e. The van der Waals surface area contributed by atoms with Gasteiger partial charge in [-0.15, -0.1) is 10.2 Å². The van der Waals surface area contributed by atoms with E-state index in [1.165, 1.54) is 18.2 Å². The standard InChI is InChI=1S/C19H19FN4O2/c20-13-4-3-7-16(26)17(13)18-11-8-9-21-10-12(11)19(24-23-18)22-14-5-1-2-6-15(14)25/h3-4,7-10,14-15,25-26H,1-2,5-6H2,(H,22,24)/t14-,15+/m1/s1. The minimum absolute atomic E-state index is 0.0143. The molecule has 0 spiro atoms. The fourth-order valence-corrected chi connectivity index (χ4v) is 3.49. The predicted octanol–water partition coefficient (Wildman–Crippen LogP) is 3.25. The molecule has 2 atom stereocenters. The molecule has 1 aliphatic rings. The number of halogens is 1. The summed E-state index contributed by atoms with van der Waals surface area (Å²) in [5.41, 5.74) is 0.271. The van der Waals surface area contributed by atoms with Gasteiger partial charge in [0.25, 0.3) is 0 Å². The molecule has 2 aromatic heterocycles. The first-order chi connectivity index (χ1) is 12.6. The Bertz CT molecular complexity index is 930. The first-order valence-electron chi connectivity index (χ1n) is 8.68. The predicted molar refractivity (Wildman–Crippen MR) is 96.3 cm³/mol. The summed E-state index contributed by atoms with van der Waals surface area (Å²) in [4.78, 5) is 4.14. The molecule has 1 aliphatic carbocycles. The van der Waals surface area contributed by atoms with Crippen LogP contribution in [0.15, 0.2) is 36.7 Å². The van der Waals surface area contributed by atoms with Gasteiger partial charge in [-0.2, -0.15) is 0 Å². The van der Waals surface area contributed by atoms with Gasteiger partial charge in [0.15, 0.2) is 5.82 Å². The molecule has 0 radical (unpaired) electrons. The van der Waals surface area contributed by atoms with E-state index in [0.717, 1.165) is 25.7 Å². The highest BCUT2D eigenvalue weighted by Crippen LogP contribution is 2.36. The number of hydrogen-bond acceptors (Lipinski definition) is 6. The number of aromatic nitrogens is 3. The van der Waals surface area contributed by atoms with Crippen molar-refractivity contribution in [1.29, 1.82) is 0 Å². The van der Waals surface area contributed by atoms with Crippen molar-refractivity contribution in [2.75, 3.05) is 5.32 Å². The summed E-state index contributed by atoms with van der Waals surface area (Å²) in [6, 6.07) is 5.74. The molecule has 0 bridgehead atoms. The van der Waals surface area contributed by atoms with Crippen LogP contribution in [0.3, 0.4) is 0 Å². The van der Waals surface area contributed by atoms with Gasteiger partial charge in [-0.1, -0.05) is 18.9 Å². The van der Waals surface area contributed by atoms with Gasteiger partial charge in [0.1, 0.15) is 17.3 Å². The highest BCUT2D eigenvalue weighted by atomic mass is 19.1. The molecule has 0 aliphatic heterocycles. The summed E-state index contributed by atoms with van der Waals surface area (Å²) in [6.45, 7) is 0. The number of nitrogens with zero attached hydrogens (tertiary/aromatic N) is 3. The van der Waals surface area contributed by atoms with Crippen molar-refractivity contribution in [3.63, 3.8) is 0 Å². The number of pyridine rings is 1. The van der Waals surface area contributed by atoms with Crippen molar-refractivity contribution >= 4 is 16.6 Å². The SMILES string of the molecule is Oc1cccc(F)c1-c1nnc(N[C@@H]2CCCC[C@@H]2O)c2cnccc12. The van der Waals surface area contributed by atoms with E-state index >= 15 is 0 Å². The number of rotatable bonds is 3. The molecular formula is C19H19FN4O2. The van der Waals surface area contributed by atoms with Gasteiger partial charge in [-0.3, -0.25) is 4.98 Å². The van der Waals surface area contributed by atoms with Crippen molar-refractivity contribution in [3.8, 4) is 17.0 Å². The molecule has 6 nitrogen and oxygen atoms in total. The molecule has 134 valence electrons. The molecule has 0 saturated heterocycles. The summed E-state index contributed by atoms with van der Waals surface area (Å²) >= 11 is 0. The van der Waals surface area contributed by atoms with Gasteiger partial charge < -0.3 is 15.5 Å². The molecule has 7 heteroatoms. The van der Waals surface area contributed by atoms with Crippen molar-refractivity contribution in [3.05, 3.63) is 42.5 Å². The molecule has 1 fully saturated rings. The fraction of sp³-hybridized carbons (Fsp3) is 0.316. The lowest BCUT2D eigenvalue weighted by molar-refractivity contribution is 0.116. The van der Waals surface area contributed by atoms with E-state index in [1.54, 1.807) is 18.5 Å². The van der Waals surface area contributed by atoms with E-state index in [1.807, 2.05) is 0 Å². The minimum atomic E-state index is -0.569. The summed E-state index contributed by atoms with van der Waals surface area (Å²) < 4.78 is 14.3. The summed E-state index contributed by atoms with van der Waals surface area (Å²) in [7, 11) is 0. The number of hydrogen-bond donors (Lipinski definition) is 3. The van der Waals surface area contributed by atoms with E-state index in [2.05, 4.69) is 20.5 Å². The second-order valence-electron chi connectivity index (χ2n) is 6.56. The van der Waals surface area contributed by atoms with E-state index in [9.17, 15) is 14.6 Å². The number of phenols is 1. The number of fused-ring (bicyclic) bond motifs is 1. The summed E-state index contributed by atoms with van der Waals surface area (Å²) in [5.74, 6) is -0.264. The highest BCUT2D eigenvalue weighted by Gasteiger charge is 2.25. The third kappa shape index (κ3) is 2.94. The van der Waals surface area contributed by atoms with Crippen molar-refractivity contribution in [1.82, 2.24) is 15.2 Å².